The Morgan fingerprint density at radius 3 is 2.78 bits per heavy atom. The number of rotatable bonds is 6. The zero-order valence-electron chi connectivity index (χ0n) is 20.4. The number of benzene rings is 1. The summed E-state index contributed by atoms with van der Waals surface area (Å²) in [5, 5.41) is 8.62. The second-order valence-electron chi connectivity index (χ2n) is 9.28. The highest BCUT2D eigenvalue weighted by molar-refractivity contribution is 5.94. The molecule has 10 heteroatoms. The van der Waals surface area contributed by atoms with Crippen molar-refractivity contribution in [3.05, 3.63) is 71.9 Å². The molecule has 4 N–H and O–H groups in total. The molecule has 4 heterocycles. The highest BCUT2D eigenvalue weighted by Gasteiger charge is 2.26. The number of piperidine rings is 1. The minimum atomic E-state index is -0.305. The summed E-state index contributed by atoms with van der Waals surface area (Å²) in [6.45, 7) is 2.92. The van der Waals surface area contributed by atoms with Crippen LogP contribution in [-0.4, -0.2) is 64.4 Å². The molecule has 0 radical (unpaired) electrons. The third-order valence-corrected chi connectivity index (χ3v) is 6.90. The Labute approximate surface area is 214 Å². The summed E-state index contributed by atoms with van der Waals surface area (Å²) in [5.74, 6) is 1.15. The van der Waals surface area contributed by atoms with Gasteiger partial charge in [-0.3, -0.25) is 10.2 Å². The number of amidine groups is 1. The number of nitrogens with zero attached hydrogens (tertiary/aromatic N) is 4. The Hall–Kier alpha value is -4.05. The lowest BCUT2D eigenvalue weighted by Crippen LogP contribution is -2.42. The predicted octanol–water partition coefficient (Wildman–Crippen LogP) is 3.38. The lowest BCUT2D eigenvalue weighted by Gasteiger charge is -2.36. The summed E-state index contributed by atoms with van der Waals surface area (Å²) >= 11 is 0. The quantitative estimate of drug-likeness (QED) is 0.350. The third kappa shape index (κ3) is 5.69. The predicted molar refractivity (Wildman–Crippen MR) is 139 cm³/mol. The topological polar surface area (TPSA) is 124 Å². The summed E-state index contributed by atoms with van der Waals surface area (Å²) in [6, 6.07) is 12.0. The van der Waals surface area contributed by atoms with Crippen LogP contribution in [0.1, 0.15) is 30.3 Å². The van der Waals surface area contributed by atoms with Crippen LogP contribution >= 0.6 is 0 Å². The van der Waals surface area contributed by atoms with Gasteiger partial charge < -0.3 is 25.3 Å². The van der Waals surface area contributed by atoms with E-state index >= 15 is 0 Å². The van der Waals surface area contributed by atoms with E-state index in [0.717, 1.165) is 48.7 Å². The second kappa shape index (κ2) is 10.9. The first-order chi connectivity index (χ1) is 18.0. The molecule has 1 unspecified atom stereocenters. The smallest absolute Gasteiger partial charge is 0.220 e. The zero-order chi connectivity index (χ0) is 25.8. The maximum absolute atomic E-state index is 13.8. The Bertz CT molecular complexity index is 1300. The number of aromatic amines is 1. The number of carbonyl (C=O) groups is 1. The average Bonchev–Trinajstić information content (AvgIpc) is 3.41. The number of hydrogen-bond acceptors (Lipinski definition) is 6. The fraction of sp³-hybridized carbons (Fsp3) is 0.333. The van der Waals surface area contributed by atoms with Crippen molar-refractivity contribution in [2.45, 2.75) is 18.9 Å². The molecule has 2 aliphatic rings. The second-order valence-corrected chi connectivity index (χ2v) is 9.28. The Balaban J connectivity index is 1.26. The molecule has 9 nitrogen and oxygen atoms in total. The van der Waals surface area contributed by atoms with Gasteiger partial charge in [0.15, 0.2) is 0 Å². The van der Waals surface area contributed by atoms with Gasteiger partial charge in [-0.2, -0.15) is 0 Å². The lowest BCUT2D eigenvalue weighted by molar-refractivity contribution is -0.122. The maximum atomic E-state index is 13.8. The van der Waals surface area contributed by atoms with Crippen molar-refractivity contribution in [3.8, 4) is 11.4 Å². The number of halogens is 1. The molecule has 2 saturated heterocycles. The van der Waals surface area contributed by atoms with E-state index in [9.17, 15) is 9.18 Å². The van der Waals surface area contributed by atoms with Gasteiger partial charge in [0.2, 0.25) is 5.91 Å². The van der Waals surface area contributed by atoms with Crippen molar-refractivity contribution in [2.24, 2.45) is 11.7 Å². The first-order valence-corrected chi connectivity index (χ1v) is 12.4. The fourth-order valence-corrected chi connectivity index (χ4v) is 4.83. The van der Waals surface area contributed by atoms with Crippen LogP contribution in [0, 0.1) is 17.1 Å². The molecule has 0 spiro atoms. The molecule has 5 rings (SSSR count). The molecular weight excluding hydrogens is 473 g/mol. The van der Waals surface area contributed by atoms with E-state index in [4.69, 9.17) is 20.9 Å². The summed E-state index contributed by atoms with van der Waals surface area (Å²) in [5.41, 5.74) is 7.76. The number of carbonyl (C=O) groups excluding carboxylic acids is 1. The summed E-state index contributed by atoms with van der Waals surface area (Å²) in [7, 11) is 0. The van der Waals surface area contributed by atoms with E-state index in [1.54, 1.807) is 24.4 Å². The number of aromatic nitrogens is 3. The first-order valence-electron chi connectivity index (χ1n) is 12.4. The number of nitrogens with one attached hydrogen (secondary N) is 2. The minimum Gasteiger partial charge on any atom is -0.377 e. The molecule has 192 valence electrons. The number of imidazole rings is 1. The Morgan fingerprint density at radius 2 is 2.00 bits per heavy atom. The van der Waals surface area contributed by atoms with E-state index in [0.29, 0.717) is 31.4 Å². The number of hydrogen-bond donors (Lipinski definition) is 3. The van der Waals surface area contributed by atoms with E-state index in [1.807, 2.05) is 29.2 Å². The molecule has 1 amide bonds. The van der Waals surface area contributed by atoms with Crippen LogP contribution < -0.4 is 10.6 Å². The largest absolute Gasteiger partial charge is 0.377 e. The van der Waals surface area contributed by atoms with Gasteiger partial charge in [-0.05, 0) is 54.8 Å². The van der Waals surface area contributed by atoms with Crippen LogP contribution in [0.4, 0.5) is 10.2 Å². The van der Waals surface area contributed by atoms with E-state index in [-0.39, 0.29) is 23.7 Å². The van der Waals surface area contributed by atoms with Crippen LogP contribution in [0.5, 0.6) is 0 Å². The van der Waals surface area contributed by atoms with Crippen LogP contribution in [0.25, 0.3) is 17.5 Å². The number of ether oxygens (including phenoxy) is 1. The van der Waals surface area contributed by atoms with Gasteiger partial charge in [-0.1, -0.05) is 18.2 Å². The molecule has 0 saturated carbocycles. The fourth-order valence-electron chi connectivity index (χ4n) is 4.83. The number of pyridine rings is 1. The molecule has 2 aliphatic heterocycles. The molecule has 1 atom stereocenters. The summed E-state index contributed by atoms with van der Waals surface area (Å²) in [4.78, 5) is 28.0. The Kier molecular flexibility index (Phi) is 7.27. The number of H-pyrrole nitrogens is 1. The first kappa shape index (κ1) is 24.6. The number of nitrogens with two attached hydrogens (primary N) is 1. The number of amides is 1. The molecule has 1 aromatic carbocycles. The SMILES string of the molecule is N=C(C=Cc1ncc(-c2cccc(N3CCC(C(N)=O)CC3)n2)[nH]1)N1CCOCC1c1cccc(F)c1. The molecule has 0 bridgehead atoms. The highest BCUT2D eigenvalue weighted by Crippen LogP contribution is 2.26. The Morgan fingerprint density at radius 1 is 1.19 bits per heavy atom. The van der Waals surface area contributed by atoms with Crippen molar-refractivity contribution >= 4 is 23.6 Å². The zero-order valence-corrected chi connectivity index (χ0v) is 20.4. The summed E-state index contributed by atoms with van der Waals surface area (Å²) in [6.07, 6.45) is 6.62. The van der Waals surface area contributed by atoms with Crippen LogP contribution in [0.15, 0.2) is 54.7 Å². The van der Waals surface area contributed by atoms with Crippen molar-refractivity contribution < 1.29 is 13.9 Å². The highest BCUT2D eigenvalue weighted by atomic mass is 19.1. The standard InChI is InChI=1S/C27H30FN7O2/c28-20-4-1-3-19(15-20)23-17-37-14-13-35(23)24(29)7-8-25-31-16-22(32-25)21-5-2-6-26(33-21)34-11-9-18(10-12-34)27(30)36/h1-8,15-16,18,23,29H,9-14,17H2,(H2,30,36)(H,31,32). The third-order valence-electron chi connectivity index (χ3n) is 6.90. The maximum Gasteiger partial charge on any atom is 0.220 e. The molecule has 2 fully saturated rings. The molecule has 0 aliphatic carbocycles. The van der Waals surface area contributed by atoms with Crippen LogP contribution in [0.3, 0.4) is 0 Å². The van der Waals surface area contributed by atoms with Crippen molar-refractivity contribution in [2.75, 3.05) is 37.7 Å². The van der Waals surface area contributed by atoms with Crippen molar-refractivity contribution in [1.82, 2.24) is 19.9 Å². The van der Waals surface area contributed by atoms with Gasteiger partial charge >= 0.3 is 0 Å². The summed E-state index contributed by atoms with van der Waals surface area (Å²) < 4.78 is 19.4. The van der Waals surface area contributed by atoms with Gasteiger partial charge in [0.1, 0.15) is 23.3 Å². The van der Waals surface area contributed by atoms with E-state index in [2.05, 4.69) is 14.9 Å². The van der Waals surface area contributed by atoms with Gasteiger partial charge in [0.05, 0.1) is 36.8 Å². The normalized spacial score (nSPS) is 18.9. The monoisotopic (exact) mass is 503 g/mol. The minimum absolute atomic E-state index is 0.0679. The number of anilines is 1. The van der Waals surface area contributed by atoms with Crippen LogP contribution in [0.2, 0.25) is 0 Å². The number of morpholine rings is 1. The molecular formula is C27H30FN7O2. The van der Waals surface area contributed by atoms with Crippen molar-refractivity contribution in [1.29, 1.82) is 5.41 Å². The molecule has 37 heavy (non-hydrogen) atoms. The van der Waals surface area contributed by atoms with Gasteiger partial charge in [-0.25, -0.2) is 14.4 Å². The van der Waals surface area contributed by atoms with E-state index in [1.165, 1.54) is 12.1 Å². The van der Waals surface area contributed by atoms with E-state index < -0.39 is 0 Å². The molecule has 3 aromatic rings. The van der Waals surface area contributed by atoms with Crippen molar-refractivity contribution in [3.63, 3.8) is 0 Å². The van der Waals surface area contributed by atoms with Gasteiger partial charge in [0.25, 0.3) is 0 Å². The molecule has 2 aromatic heterocycles. The van der Waals surface area contributed by atoms with Gasteiger partial charge in [-0.15, -0.1) is 0 Å². The average molecular weight is 504 g/mol. The van der Waals surface area contributed by atoms with Gasteiger partial charge in [0, 0.05) is 25.6 Å². The number of primary amides is 1. The van der Waals surface area contributed by atoms with Crippen LogP contribution in [-0.2, 0) is 9.53 Å². The lowest BCUT2D eigenvalue weighted by atomic mass is 9.96.